The van der Waals surface area contributed by atoms with Crippen molar-refractivity contribution in [2.45, 2.75) is 51.5 Å². The molecule has 1 aliphatic carbocycles. The zero-order valence-corrected chi connectivity index (χ0v) is 13.6. The molecule has 21 heavy (non-hydrogen) atoms. The predicted molar refractivity (Wildman–Crippen MR) is 88.3 cm³/mol. The predicted octanol–water partition coefficient (Wildman–Crippen LogP) is 3.64. The van der Waals surface area contributed by atoms with Crippen molar-refractivity contribution in [1.29, 1.82) is 0 Å². The van der Waals surface area contributed by atoms with Crippen LogP contribution in [0.15, 0.2) is 12.1 Å². The van der Waals surface area contributed by atoms with E-state index in [1.165, 1.54) is 56.5 Å². The molecule has 1 saturated carbocycles. The molecule has 1 aromatic heterocycles. The van der Waals surface area contributed by atoms with Crippen LogP contribution in [0.2, 0.25) is 0 Å². The smallest absolute Gasteiger partial charge is 0.0771 e. The van der Waals surface area contributed by atoms with Gasteiger partial charge < -0.3 is 5.11 Å². The molecule has 0 aromatic carbocycles. The number of nitrogens with zero attached hydrogens (tertiary/aromatic N) is 1. The molecule has 2 heterocycles. The SMILES string of the molecule is OCCC#Cc1ccc(CN2CCC3(CCCC3)CC2)s1. The molecule has 2 aliphatic rings. The van der Waals surface area contributed by atoms with E-state index in [9.17, 15) is 0 Å². The van der Waals surface area contributed by atoms with E-state index in [4.69, 9.17) is 5.11 Å². The van der Waals surface area contributed by atoms with E-state index >= 15 is 0 Å². The minimum absolute atomic E-state index is 0.154. The third kappa shape index (κ3) is 3.88. The van der Waals surface area contributed by atoms with Crippen LogP contribution < -0.4 is 0 Å². The van der Waals surface area contributed by atoms with Gasteiger partial charge in [0.1, 0.15) is 0 Å². The Balaban J connectivity index is 1.50. The number of rotatable bonds is 3. The number of aliphatic hydroxyl groups excluding tert-OH is 1. The Morgan fingerprint density at radius 2 is 1.90 bits per heavy atom. The highest BCUT2D eigenvalue weighted by Crippen LogP contribution is 2.46. The summed E-state index contributed by atoms with van der Waals surface area (Å²) in [7, 11) is 0. The number of aliphatic hydroxyl groups is 1. The molecule has 3 heteroatoms. The van der Waals surface area contributed by atoms with Crippen LogP contribution in [0, 0.1) is 17.3 Å². The topological polar surface area (TPSA) is 23.5 Å². The van der Waals surface area contributed by atoms with Crippen LogP contribution in [-0.2, 0) is 6.54 Å². The minimum atomic E-state index is 0.154. The molecule has 1 N–H and O–H groups in total. The average molecular weight is 303 g/mol. The lowest BCUT2D eigenvalue weighted by molar-refractivity contribution is 0.104. The Kier molecular flexibility index (Phi) is 5.00. The Hall–Kier alpha value is -0.820. The van der Waals surface area contributed by atoms with Crippen LogP contribution in [0.25, 0.3) is 0 Å². The Labute approximate surface area is 132 Å². The van der Waals surface area contributed by atoms with Gasteiger partial charge in [-0.25, -0.2) is 0 Å². The van der Waals surface area contributed by atoms with E-state index in [0.29, 0.717) is 11.8 Å². The fourth-order valence-corrected chi connectivity index (χ4v) is 4.69. The van der Waals surface area contributed by atoms with E-state index in [1.807, 2.05) is 0 Å². The summed E-state index contributed by atoms with van der Waals surface area (Å²) in [6.45, 7) is 3.77. The number of hydrogen-bond donors (Lipinski definition) is 1. The molecule has 1 saturated heterocycles. The van der Waals surface area contributed by atoms with Crippen LogP contribution >= 0.6 is 11.3 Å². The molecule has 1 aliphatic heterocycles. The van der Waals surface area contributed by atoms with Gasteiger partial charge in [-0.2, -0.15) is 0 Å². The molecular weight excluding hydrogens is 278 g/mol. The first-order chi connectivity index (χ1) is 10.3. The lowest BCUT2D eigenvalue weighted by atomic mass is 9.77. The Bertz CT molecular complexity index is 509. The van der Waals surface area contributed by atoms with E-state index in [2.05, 4.69) is 28.9 Å². The van der Waals surface area contributed by atoms with Gasteiger partial charge in [0.2, 0.25) is 0 Å². The van der Waals surface area contributed by atoms with Crippen molar-refractivity contribution in [1.82, 2.24) is 4.90 Å². The summed E-state index contributed by atoms with van der Waals surface area (Å²) in [4.78, 5) is 5.16. The van der Waals surface area contributed by atoms with Crippen molar-refractivity contribution in [2.24, 2.45) is 5.41 Å². The molecule has 0 amide bonds. The first-order valence-electron chi connectivity index (χ1n) is 8.21. The summed E-state index contributed by atoms with van der Waals surface area (Å²) in [6.07, 6.45) is 9.25. The first kappa shape index (κ1) is 15.1. The fourth-order valence-electron chi connectivity index (χ4n) is 3.77. The molecule has 0 unspecified atom stereocenters. The Morgan fingerprint density at radius 3 is 2.62 bits per heavy atom. The highest BCUT2D eigenvalue weighted by molar-refractivity contribution is 7.12. The largest absolute Gasteiger partial charge is 0.395 e. The van der Waals surface area contributed by atoms with Gasteiger partial charge in [0, 0.05) is 17.8 Å². The number of piperidine rings is 1. The van der Waals surface area contributed by atoms with Gasteiger partial charge in [0.25, 0.3) is 0 Å². The van der Waals surface area contributed by atoms with Gasteiger partial charge in [0.15, 0.2) is 0 Å². The molecular formula is C18H25NOS. The number of hydrogen-bond acceptors (Lipinski definition) is 3. The third-order valence-corrected chi connectivity index (χ3v) is 6.06. The van der Waals surface area contributed by atoms with Crippen LogP contribution in [-0.4, -0.2) is 29.7 Å². The van der Waals surface area contributed by atoms with Crippen molar-refractivity contribution >= 4 is 11.3 Å². The van der Waals surface area contributed by atoms with E-state index in [1.54, 1.807) is 11.3 Å². The van der Waals surface area contributed by atoms with Crippen LogP contribution in [0.4, 0.5) is 0 Å². The second kappa shape index (κ2) is 6.96. The molecule has 1 spiro atoms. The van der Waals surface area contributed by atoms with Gasteiger partial charge in [-0.15, -0.1) is 11.3 Å². The highest BCUT2D eigenvalue weighted by atomic mass is 32.1. The van der Waals surface area contributed by atoms with E-state index in [0.717, 1.165) is 11.4 Å². The Morgan fingerprint density at radius 1 is 1.14 bits per heavy atom. The van der Waals surface area contributed by atoms with Crippen LogP contribution in [0.3, 0.4) is 0 Å². The zero-order chi connectivity index (χ0) is 14.5. The highest BCUT2D eigenvalue weighted by Gasteiger charge is 2.36. The van der Waals surface area contributed by atoms with Crippen molar-refractivity contribution < 1.29 is 5.11 Å². The molecule has 0 bridgehead atoms. The lowest BCUT2D eigenvalue weighted by Crippen LogP contribution is -2.38. The summed E-state index contributed by atoms with van der Waals surface area (Å²) in [5, 5.41) is 8.75. The third-order valence-electron chi connectivity index (χ3n) is 5.07. The molecule has 2 nitrogen and oxygen atoms in total. The maximum atomic E-state index is 8.75. The van der Waals surface area contributed by atoms with Crippen molar-refractivity contribution in [3.63, 3.8) is 0 Å². The molecule has 2 fully saturated rings. The molecule has 0 radical (unpaired) electrons. The van der Waals surface area contributed by atoms with Gasteiger partial charge in [-0.1, -0.05) is 24.7 Å². The first-order valence-corrected chi connectivity index (χ1v) is 9.02. The number of likely N-dealkylation sites (tertiary alicyclic amines) is 1. The molecule has 3 rings (SSSR count). The van der Waals surface area contributed by atoms with Crippen LogP contribution in [0.5, 0.6) is 0 Å². The maximum absolute atomic E-state index is 8.75. The normalized spacial score (nSPS) is 21.4. The van der Waals surface area contributed by atoms with E-state index < -0.39 is 0 Å². The summed E-state index contributed by atoms with van der Waals surface area (Å²) in [5.74, 6) is 6.13. The summed E-state index contributed by atoms with van der Waals surface area (Å²) >= 11 is 1.80. The summed E-state index contributed by atoms with van der Waals surface area (Å²) in [6, 6.07) is 4.33. The van der Waals surface area contributed by atoms with Crippen molar-refractivity contribution in [2.75, 3.05) is 19.7 Å². The fraction of sp³-hybridized carbons (Fsp3) is 0.667. The quantitative estimate of drug-likeness (QED) is 0.862. The number of thiophene rings is 1. The summed E-state index contributed by atoms with van der Waals surface area (Å²) < 4.78 is 0. The molecule has 1 aromatic rings. The van der Waals surface area contributed by atoms with Gasteiger partial charge in [0.05, 0.1) is 11.5 Å². The summed E-state index contributed by atoms with van der Waals surface area (Å²) in [5.41, 5.74) is 0.715. The standard InChI is InChI=1S/C18H25NOS/c20-14-4-1-5-16-6-7-17(21-16)15-19-12-10-18(11-13-19)8-2-3-9-18/h6-7,20H,2-4,8-15H2. The van der Waals surface area contributed by atoms with Gasteiger partial charge in [-0.3, -0.25) is 4.90 Å². The van der Waals surface area contributed by atoms with Crippen molar-refractivity contribution in [3.8, 4) is 11.8 Å². The maximum Gasteiger partial charge on any atom is 0.0771 e. The minimum Gasteiger partial charge on any atom is -0.395 e. The zero-order valence-electron chi connectivity index (χ0n) is 12.7. The van der Waals surface area contributed by atoms with Crippen molar-refractivity contribution in [3.05, 3.63) is 21.9 Å². The molecule has 114 valence electrons. The second-order valence-corrected chi connectivity index (χ2v) is 7.69. The van der Waals surface area contributed by atoms with Crippen LogP contribution in [0.1, 0.15) is 54.7 Å². The van der Waals surface area contributed by atoms with Gasteiger partial charge >= 0.3 is 0 Å². The lowest BCUT2D eigenvalue weighted by Gasteiger charge is -2.39. The monoisotopic (exact) mass is 303 g/mol. The average Bonchev–Trinajstić information content (AvgIpc) is 3.12. The molecule has 0 atom stereocenters. The van der Waals surface area contributed by atoms with E-state index in [-0.39, 0.29) is 6.61 Å². The van der Waals surface area contributed by atoms with Gasteiger partial charge in [-0.05, 0) is 56.3 Å². The second-order valence-electron chi connectivity index (χ2n) is 6.52.